The van der Waals surface area contributed by atoms with Crippen LogP contribution in [0.1, 0.15) is 55.1 Å². The van der Waals surface area contributed by atoms with E-state index in [0.717, 1.165) is 0 Å². The number of rotatable bonds is 3. The van der Waals surface area contributed by atoms with Gasteiger partial charge in [0.1, 0.15) is 34.7 Å². The van der Waals surface area contributed by atoms with E-state index in [4.69, 9.17) is 10.5 Å². The summed E-state index contributed by atoms with van der Waals surface area (Å²) in [5.74, 6) is -0.293. The van der Waals surface area contributed by atoms with Gasteiger partial charge in [-0.2, -0.15) is 10.5 Å². The molecule has 1 saturated heterocycles. The first-order valence-corrected chi connectivity index (χ1v) is 10.8. The maximum absolute atomic E-state index is 13.0. The maximum Gasteiger partial charge on any atom is 0.407 e. The average Bonchev–Trinajstić information content (AvgIpc) is 2.77. The van der Waals surface area contributed by atoms with Crippen molar-refractivity contribution in [2.45, 2.75) is 45.3 Å². The first kappa shape index (κ1) is 24.3. The summed E-state index contributed by atoms with van der Waals surface area (Å²) in [5, 5.41) is 21.7. The molecule has 176 valence electrons. The van der Waals surface area contributed by atoms with Gasteiger partial charge < -0.3 is 25.7 Å². The predicted octanol–water partition coefficient (Wildman–Crippen LogP) is 2.50. The minimum Gasteiger partial charge on any atom is -0.444 e. The molecule has 3 rings (SSSR count). The number of aromatic amines is 1. The van der Waals surface area contributed by atoms with Crippen LogP contribution in [0.2, 0.25) is 0 Å². The molecule has 1 fully saturated rings. The standard InChI is InChI=1S/C24H26N6O4/c1-24(2,3)34-23(33)28-16-8-10-30(11-9-16)22(32)15-6-4-14(5-7-15)19-17(12-25)20(27)29-21(31)18(19)13-26/h4-7,16H,8-11H2,1-3H3,(H,28,33)(H3,27,29,31). The van der Waals surface area contributed by atoms with Crippen LogP contribution in [-0.2, 0) is 4.74 Å². The molecule has 0 bridgehead atoms. The van der Waals surface area contributed by atoms with Crippen molar-refractivity contribution in [1.82, 2.24) is 15.2 Å². The third-order valence-electron chi connectivity index (χ3n) is 5.39. The lowest BCUT2D eigenvalue weighted by Crippen LogP contribution is -2.47. The Kier molecular flexibility index (Phi) is 6.92. The Morgan fingerprint density at radius 1 is 1.12 bits per heavy atom. The molecule has 2 aromatic rings. The second-order valence-electron chi connectivity index (χ2n) is 9.01. The molecule has 4 N–H and O–H groups in total. The summed E-state index contributed by atoms with van der Waals surface area (Å²) in [4.78, 5) is 41.0. The van der Waals surface area contributed by atoms with Crippen molar-refractivity contribution < 1.29 is 14.3 Å². The number of amides is 2. The van der Waals surface area contributed by atoms with Crippen molar-refractivity contribution >= 4 is 17.8 Å². The number of alkyl carbamates (subject to hydrolysis) is 1. The topological polar surface area (TPSA) is 165 Å². The van der Waals surface area contributed by atoms with Crippen molar-refractivity contribution in [2.75, 3.05) is 18.8 Å². The van der Waals surface area contributed by atoms with Gasteiger partial charge in [0.15, 0.2) is 0 Å². The molecule has 1 aliphatic rings. The Morgan fingerprint density at radius 3 is 2.24 bits per heavy atom. The zero-order chi connectivity index (χ0) is 25.0. The number of anilines is 1. The summed E-state index contributed by atoms with van der Waals surface area (Å²) in [6, 6.07) is 10.0. The predicted molar refractivity (Wildman–Crippen MR) is 125 cm³/mol. The Morgan fingerprint density at radius 2 is 1.71 bits per heavy atom. The van der Waals surface area contributed by atoms with Gasteiger partial charge in [0.25, 0.3) is 11.5 Å². The minimum absolute atomic E-state index is 0.00483. The van der Waals surface area contributed by atoms with Crippen LogP contribution in [0.3, 0.4) is 0 Å². The molecule has 1 aromatic carbocycles. The van der Waals surface area contributed by atoms with Crippen LogP contribution >= 0.6 is 0 Å². The molecule has 34 heavy (non-hydrogen) atoms. The van der Waals surface area contributed by atoms with Gasteiger partial charge in [-0.25, -0.2) is 4.79 Å². The number of H-pyrrole nitrogens is 1. The highest BCUT2D eigenvalue weighted by Crippen LogP contribution is 2.28. The summed E-state index contributed by atoms with van der Waals surface area (Å²) in [7, 11) is 0. The molecule has 10 heteroatoms. The Labute approximate surface area is 196 Å². The lowest BCUT2D eigenvalue weighted by molar-refractivity contribution is 0.0473. The SMILES string of the molecule is CC(C)(C)OC(=O)NC1CCN(C(=O)c2ccc(-c3c(C#N)c(N)[nH]c(=O)c3C#N)cc2)CC1. The molecule has 0 aliphatic carbocycles. The number of benzene rings is 1. The summed E-state index contributed by atoms with van der Waals surface area (Å²) in [5.41, 5.74) is 5.28. The van der Waals surface area contributed by atoms with E-state index in [1.165, 1.54) is 0 Å². The first-order valence-electron chi connectivity index (χ1n) is 10.8. The van der Waals surface area contributed by atoms with Crippen LogP contribution in [0, 0.1) is 22.7 Å². The number of ether oxygens (including phenoxy) is 1. The van der Waals surface area contributed by atoms with Crippen LogP contribution < -0.4 is 16.6 Å². The number of carbonyl (C=O) groups is 2. The quantitative estimate of drug-likeness (QED) is 0.630. The van der Waals surface area contributed by atoms with E-state index in [1.54, 1.807) is 49.9 Å². The molecule has 0 spiro atoms. The number of aromatic nitrogens is 1. The molecule has 2 heterocycles. The molecular weight excluding hydrogens is 436 g/mol. The highest BCUT2D eigenvalue weighted by molar-refractivity contribution is 5.95. The highest BCUT2D eigenvalue weighted by Gasteiger charge is 2.26. The fourth-order valence-electron chi connectivity index (χ4n) is 3.80. The number of hydrogen-bond acceptors (Lipinski definition) is 7. The molecule has 1 aliphatic heterocycles. The molecule has 0 saturated carbocycles. The molecule has 0 atom stereocenters. The van der Waals surface area contributed by atoms with Gasteiger partial charge in [-0.1, -0.05) is 12.1 Å². The lowest BCUT2D eigenvalue weighted by Gasteiger charge is -2.33. The lowest BCUT2D eigenvalue weighted by atomic mass is 9.95. The Hall–Kier alpha value is -4.31. The number of nitrogens with one attached hydrogen (secondary N) is 2. The fraction of sp³-hybridized carbons (Fsp3) is 0.375. The summed E-state index contributed by atoms with van der Waals surface area (Å²) >= 11 is 0. The summed E-state index contributed by atoms with van der Waals surface area (Å²) in [6.45, 7) is 6.34. The number of nitrogens with zero attached hydrogens (tertiary/aromatic N) is 3. The average molecular weight is 463 g/mol. The highest BCUT2D eigenvalue weighted by atomic mass is 16.6. The van der Waals surface area contributed by atoms with Crippen LogP contribution in [-0.4, -0.2) is 46.6 Å². The number of nitriles is 2. The van der Waals surface area contributed by atoms with Crippen molar-refractivity contribution in [3.05, 3.63) is 51.3 Å². The third-order valence-corrected chi connectivity index (χ3v) is 5.39. The molecule has 1 aromatic heterocycles. The van der Waals surface area contributed by atoms with E-state index in [1.807, 2.05) is 12.1 Å². The normalized spacial score (nSPS) is 14.1. The van der Waals surface area contributed by atoms with Gasteiger partial charge in [-0.3, -0.25) is 9.59 Å². The smallest absolute Gasteiger partial charge is 0.407 e. The van der Waals surface area contributed by atoms with E-state index in [9.17, 15) is 24.9 Å². The molecule has 2 amide bonds. The fourth-order valence-corrected chi connectivity index (χ4v) is 3.80. The van der Waals surface area contributed by atoms with Crippen molar-refractivity contribution in [1.29, 1.82) is 10.5 Å². The van der Waals surface area contributed by atoms with Gasteiger partial charge >= 0.3 is 6.09 Å². The van der Waals surface area contributed by atoms with E-state index < -0.39 is 17.3 Å². The second-order valence-corrected chi connectivity index (χ2v) is 9.01. The summed E-state index contributed by atoms with van der Waals surface area (Å²) < 4.78 is 5.28. The molecular formula is C24H26N6O4. The number of pyridine rings is 1. The van der Waals surface area contributed by atoms with Crippen molar-refractivity contribution in [2.24, 2.45) is 0 Å². The number of hydrogen-bond donors (Lipinski definition) is 3. The minimum atomic E-state index is -0.683. The van der Waals surface area contributed by atoms with Crippen LogP contribution in [0.4, 0.5) is 10.6 Å². The number of nitrogen functional groups attached to an aromatic ring is 1. The van der Waals surface area contributed by atoms with Crippen LogP contribution in [0.15, 0.2) is 29.1 Å². The van der Waals surface area contributed by atoms with Gasteiger partial charge in [0, 0.05) is 30.3 Å². The first-order chi connectivity index (χ1) is 16.0. The third kappa shape index (κ3) is 5.36. The van der Waals surface area contributed by atoms with Crippen LogP contribution in [0.5, 0.6) is 0 Å². The van der Waals surface area contributed by atoms with E-state index >= 15 is 0 Å². The Bertz CT molecular complexity index is 1240. The number of nitrogens with two attached hydrogens (primary N) is 1. The van der Waals surface area contributed by atoms with Crippen LogP contribution in [0.25, 0.3) is 11.1 Å². The maximum atomic E-state index is 13.0. The van der Waals surface area contributed by atoms with Gasteiger partial charge in [0.05, 0.1) is 0 Å². The largest absolute Gasteiger partial charge is 0.444 e. The van der Waals surface area contributed by atoms with Gasteiger partial charge in [-0.05, 0) is 51.3 Å². The van der Waals surface area contributed by atoms with E-state index in [2.05, 4.69) is 10.3 Å². The van der Waals surface area contributed by atoms with Gasteiger partial charge in [0.2, 0.25) is 0 Å². The number of piperidine rings is 1. The zero-order valence-corrected chi connectivity index (χ0v) is 19.3. The molecule has 0 radical (unpaired) electrons. The van der Waals surface area contributed by atoms with Crippen molar-refractivity contribution in [3.63, 3.8) is 0 Å². The van der Waals surface area contributed by atoms with Gasteiger partial charge in [-0.15, -0.1) is 0 Å². The number of likely N-dealkylation sites (tertiary alicyclic amines) is 1. The monoisotopic (exact) mass is 462 g/mol. The molecule has 10 nitrogen and oxygen atoms in total. The van der Waals surface area contributed by atoms with E-state index in [-0.39, 0.29) is 34.5 Å². The zero-order valence-electron chi connectivity index (χ0n) is 19.3. The molecule has 0 unspecified atom stereocenters. The second kappa shape index (κ2) is 9.67. The van der Waals surface area contributed by atoms with Crippen molar-refractivity contribution in [3.8, 4) is 23.3 Å². The van der Waals surface area contributed by atoms with E-state index in [0.29, 0.717) is 37.1 Å². The Balaban J connectivity index is 1.71. The summed E-state index contributed by atoms with van der Waals surface area (Å²) in [6.07, 6.45) is 0.736. The number of carbonyl (C=O) groups excluding carboxylic acids is 2.